The van der Waals surface area contributed by atoms with E-state index >= 15 is 0 Å². The predicted molar refractivity (Wildman–Crippen MR) is 131 cm³/mol. The number of nitrogens with one attached hydrogen (secondary N) is 1. The van der Waals surface area contributed by atoms with Crippen LogP contribution in [0.25, 0.3) is 0 Å². The molecule has 10 heteroatoms. The zero-order chi connectivity index (χ0) is 24.6. The van der Waals surface area contributed by atoms with Gasteiger partial charge in [-0.05, 0) is 35.4 Å². The van der Waals surface area contributed by atoms with Gasteiger partial charge in [-0.2, -0.15) is 9.41 Å². The van der Waals surface area contributed by atoms with Crippen molar-refractivity contribution in [3.63, 3.8) is 0 Å². The predicted octanol–water partition coefficient (Wildman–Crippen LogP) is 3.70. The van der Waals surface area contributed by atoms with E-state index in [-0.39, 0.29) is 17.2 Å². The molecule has 0 aliphatic carbocycles. The summed E-state index contributed by atoms with van der Waals surface area (Å²) in [6.45, 7) is -0.493. The van der Waals surface area contributed by atoms with Gasteiger partial charge in [-0.15, -0.1) is 0 Å². The molecule has 3 aromatic carbocycles. The average molecular weight is 502 g/mol. The molecule has 0 aliphatic heterocycles. The third-order valence-electron chi connectivity index (χ3n) is 4.78. The summed E-state index contributed by atoms with van der Waals surface area (Å²) in [5.41, 5.74) is 3.81. The number of halogens is 1. The lowest BCUT2D eigenvalue weighted by atomic mass is 10.2. The number of rotatable bonds is 10. The maximum absolute atomic E-state index is 13.6. The molecule has 1 N–H and O–H groups in total. The second kappa shape index (κ2) is 11.6. The summed E-state index contributed by atoms with van der Waals surface area (Å²) in [7, 11) is -1.34. The van der Waals surface area contributed by atoms with Crippen LogP contribution < -0.4 is 14.9 Å². The SMILES string of the molecule is COc1ccc(OC)c(S(=O)(=O)N(CC(=O)N/N=C/c2ccc(Cl)cc2)Cc2ccccc2)c1. The number of methoxy groups -OCH3 is 2. The summed E-state index contributed by atoms with van der Waals surface area (Å²) in [6, 6.07) is 20.3. The fourth-order valence-electron chi connectivity index (χ4n) is 3.06. The summed E-state index contributed by atoms with van der Waals surface area (Å²) >= 11 is 5.86. The Labute approximate surface area is 203 Å². The van der Waals surface area contributed by atoms with Gasteiger partial charge < -0.3 is 9.47 Å². The molecule has 0 bridgehead atoms. The second-order valence-electron chi connectivity index (χ2n) is 7.12. The van der Waals surface area contributed by atoms with Crippen LogP contribution in [0.1, 0.15) is 11.1 Å². The number of sulfonamides is 1. The van der Waals surface area contributed by atoms with Gasteiger partial charge in [0, 0.05) is 17.6 Å². The summed E-state index contributed by atoms with van der Waals surface area (Å²) in [6.07, 6.45) is 1.44. The standard InChI is InChI=1S/C24H24ClN3O5S/c1-32-21-12-13-22(33-2)23(14-21)34(30,31)28(16-19-6-4-3-5-7-19)17-24(29)27-26-15-18-8-10-20(25)11-9-18/h3-15H,16-17H2,1-2H3,(H,27,29)/b26-15+. The topological polar surface area (TPSA) is 97.3 Å². The molecule has 0 fully saturated rings. The zero-order valence-electron chi connectivity index (χ0n) is 18.6. The quantitative estimate of drug-likeness (QED) is 0.337. The van der Waals surface area contributed by atoms with Crippen molar-refractivity contribution >= 4 is 33.7 Å². The number of carbonyl (C=O) groups excluding carboxylic acids is 1. The minimum Gasteiger partial charge on any atom is -0.497 e. The molecule has 8 nitrogen and oxygen atoms in total. The first-order valence-electron chi connectivity index (χ1n) is 10.2. The lowest BCUT2D eigenvalue weighted by Crippen LogP contribution is -2.39. The minimum atomic E-state index is -4.15. The van der Waals surface area contributed by atoms with E-state index in [1.165, 1.54) is 32.6 Å². The Morgan fingerprint density at radius 3 is 2.38 bits per heavy atom. The van der Waals surface area contributed by atoms with E-state index in [1.54, 1.807) is 54.6 Å². The number of ether oxygens (including phenoxy) is 2. The van der Waals surface area contributed by atoms with E-state index in [0.29, 0.717) is 16.3 Å². The average Bonchev–Trinajstić information content (AvgIpc) is 2.85. The summed E-state index contributed by atoms with van der Waals surface area (Å²) in [5.74, 6) is -0.123. The molecule has 3 rings (SSSR count). The van der Waals surface area contributed by atoms with E-state index in [2.05, 4.69) is 10.5 Å². The van der Waals surface area contributed by atoms with Crippen molar-refractivity contribution in [3.05, 3.63) is 88.9 Å². The second-order valence-corrected chi connectivity index (χ2v) is 9.46. The molecule has 1 amide bonds. The maximum Gasteiger partial charge on any atom is 0.255 e. The van der Waals surface area contributed by atoms with E-state index in [0.717, 1.165) is 9.87 Å². The molecule has 0 saturated carbocycles. The van der Waals surface area contributed by atoms with Crippen LogP contribution >= 0.6 is 11.6 Å². The fraction of sp³-hybridized carbons (Fsp3) is 0.167. The van der Waals surface area contributed by atoms with Crippen molar-refractivity contribution < 1.29 is 22.7 Å². The van der Waals surface area contributed by atoms with E-state index in [4.69, 9.17) is 21.1 Å². The van der Waals surface area contributed by atoms with Gasteiger partial charge in [0.05, 0.1) is 27.0 Å². The highest BCUT2D eigenvalue weighted by Crippen LogP contribution is 2.31. The number of nitrogens with zero attached hydrogens (tertiary/aromatic N) is 2. The molecule has 0 saturated heterocycles. The first kappa shape index (κ1) is 25.2. The van der Waals surface area contributed by atoms with Gasteiger partial charge in [-0.3, -0.25) is 4.79 Å². The summed E-state index contributed by atoms with van der Waals surface area (Å²) in [4.78, 5) is 12.5. The Balaban J connectivity index is 1.86. The normalized spacial score (nSPS) is 11.5. The number of carbonyl (C=O) groups is 1. The molecule has 3 aromatic rings. The van der Waals surface area contributed by atoms with Crippen molar-refractivity contribution in [2.75, 3.05) is 20.8 Å². The largest absolute Gasteiger partial charge is 0.497 e. The molecule has 0 radical (unpaired) electrons. The third kappa shape index (κ3) is 6.57. The van der Waals surface area contributed by atoms with E-state index < -0.39 is 22.5 Å². The molecule has 0 unspecified atom stereocenters. The van der Waals surface area contributed by atoms with Gasteiger partial charge in [0.2, 0.25) is 10.0 Å². The van der Waals surface area contributed by atoms with Crippen LogP contribution in [0.15, 0.2) is 82.8 Å². The Kier molecular flexibility index (Phi) is 8.64. The number of hydrazone groups is 1. The molecule has 0 aromatic heterocycles. The van der Waals surface area contributed by atoms with Crippen LogP contribution in [0.4, 0.5) is 0 Å². The molecular formula is C24H24ClN3O5S. The van der Waals surface area contributed by atoms with Gasteiger partial charge in [-0.1, -0.05) is 54.1 Å². The van der Waals surface area contributed by atoms with Crippen LogP contribution in [-0.4, -0.2) is 45.6 Å². The molecule has 0 atom stereocenters. The molecule has 0 aliphatic rings. The van der Waals surface area contributed by atoms with Crippen molar-refractivity contribution in [2.24, 2.45) is 5.10 Å². The first-order chi connectivity index (χ1) is 16.3. The molecule has 0 heterocycles. The molecular weight excluding hydrogens is 478 g/mol. The van der Waals surface area contributed by atoms with Crippen LogP contribution in [-0.2, 0) is 21.4 Å². The Morgan fingerprint density at radius 1 is 1.03 bits per heavy atom. The summed E-state index contributed by atoms with van der Waals surface area (Å²) < 4.78 is 38.7. The smallest absolute Gasteiger partial charge is 0.255 e. The van der Waals surface area contributed by atoms with E-state index in [9.17, 15) is 13.2 Å². The van der Waals surface area contributed by atoms with Crippen LogP contribution in [0.5, 0.6) is 11.5 Å². The van der Waals surface area contributed by atoms with Crippen molar-refractivity contribution in [1.82, 2.24) is 9.73 Å². The van der Waals surface area contributed by atoms with Crippen LogP contribution in [0.3, 0.4) is 0 Å². The van der Waals surface area contributed by atoms with Crippen molar-refractivity contribution in [2.45, 2.75) is 11.4 Å². The number of benzene rings is 3. The van der Waals surface area contributed by atoms with Crippen molar-refractivity contribution in [3.8, 4) is 11.5 Å². The monoisotopic (exact) mass is 501 g/mol. The zero-order valence-corrected chi connectivity index (χ0v) is 20.2. The fourth-order valence-corrected chi connectivity index (χ4v) is 4.74. The Bertz CT molecular complexity index is 1250. The highest BCUT2D eigenvalue weighted by molar-refractivity contribution is 7.89. The van der Waals surface area contributed by atoms with Gasteiger partial charge in [0.25, 0.3) is 5.91 Å². The Hall–Kier alpha value is -3.40. The number of amides is 1. The van der Waals surface area contributed by atoms with Gasteiger partial charge in [-0.25, -0.2) is 13.8 Å². The van der Waals surface area contributed by atoms with E-state index in [1.807, 2.05) is 6.07 Å². The number of hydrogen-bond donors (Lipinski definition) is 1. The van der Waals surface area contributed by atoms with Gasteiger partial charge in [0.1, 0.15) is 16.4 Å². The molecule has 178 valence electrons. The van der Waals surface area contributed by atoms with Crippen molar-refractivity contribution in [1.29, 1.82) is 0 Å². The lowest BCUT2D eigenvalue weighted by Gasteiger charge is -2.23. The van der Waals surface area contributed by atoms with Gasteiger partial charge in [0.15, 0.2) is 0 Å². The first-order valence-corrected chi connectivity index (χ1v) is 12.0. The molecule has 34 heavy (non-hydrogen) atoms. The Morgan fingerprint density at radius 2 is 1.74 bits per heavy atom. The highest BCUT2D eigenvalue weighted by Gasteiger charge is 2.30. The third-order valence-corrected chi connectivity index (χ3v) is 6.85. The van der Waals surface area contributed by atoms with Crippen LogP contribution in [0.2, 0.25) is 5.02 Å². The number of hydrogen-bond acceptors (Lipinski definition) is 6. The van der Waals surface area contributed by atoms with Crippen LogP contribution in [0, 0.1) is 0 Å². The maximum atomic E-state index is 13.6. The lowest BCUT2D eigenvalue weighted by molar-refractivity contribution is -0.121. The minimum absolute atomic E-state index is 0.0299. The highest BCUT2D eigenvalue weighted by atomic mass is 35.5. The van der Waals surface area contributed by atoms with Gasteiger partial charge >= 0.3 is 0 Å². The summed E-state index contributed by atoms with van der Waals surface area (Å²) in [5, 5.41) is 4.49. The molecule has 0 spiro atoms.